The van der Waals surface area contributed by atoms with Crippen molar-refractivity contribution < 1.29 is 17.9 Å². The topological polar surface area (TPSA) is 128 Å². The summed E-state index contributed by atoms with van der Waals surface area (Å²) in [5.41, 5.74) is 0.294. The Hall–Kier alpha value is -2.82. The minimum atomic E-state index is -3.98. The number of nitrogens with zero attached hydrogens (tertiary/aromatic N) is 3. The van der Waals surface area contributed by atoms with E-state index < -0.39 is 14.9 Å². The second kappa shape index (κ2) is 7.20. The lowest BCUT2D eigenvalue weighted by molar-refractivity contribution is -0.385. The predicted octanol–water partition coefficient (Wildman–Crippen LogP) is 2.78. The van der Waals surface area contributed by atoms with Crippen LogP contribution in [0.1, 0.15) is 5.89 Å². The first-order chi connectivity index (χ1) is 12.3. The Morgan fingerprint density at radius 3 is 2.69 bits per heavy atom. The number of nitro benzene ring substituents is 1. The van der Waals surface area contributed by atoms with Crippen molar-refractivity contribution in [2.75, 3.05) is 0 Å². The minimum absolute atomic E-state index is 0.0361. The van der Waals surface area contributed by atoms with Crippen LogP contribution in [0.25, 0.3) is 11.4 Å². The number of rotatable bonds is 6. The van der Waals surface area contributed by atoms with Gasteiger partial charge in [0, 0.05) is 22.7 Å². The third kappa shape index (κ3) is 4.04. The van der Waals surface area contributed by atoms with Gasteiger partial charge in [-0.1, -0.05) is 35.0 Å². The number of aromatic nitrogens is 2. The molecule has 9 nitrogen and oxygen atoms in total. The molecule has 11 heteroatoms. The monoisotopic (exact) mass is 394 g/mol. The van der Waals surface area contributed by atoms with Gasteiger partial charge in [-0.25, -0.2) is 13.1 Å². The van der Waals surface area contributed by atoms with Crippen molar-refractivity contribution in [3.05, 3.63) is 69.6 Å². The molecule has 0 aliphatic carbocycles. The molecule has 0 bridgehead atoms. The fraction of sp³-hybridized carbons (Fsp3) is 0.0667. The van der Waals surface area contributed by atoms with Crippen molar-refractivity contribution >= 4 is 27.3 Å². The van der Waals surface area contributed by atoms with E-state index in [1.807, 2.05) is 0 Å². The molecule has 0 spiro atoms. The van der Waals surface area contributed by atoms with Gasteiger partial charge >= 0.3 is 0 Å². The van der Waals surface area contributed by atoms with Crippen LogP contribution in [-0.4, -0.2) is 23.5 Å². The van der Waals surface area contributed by atoms with E-state index in [9.17, 15) is 18.5 Å². The zero-order chi connectivity index (χ0) is 18.7. The molecule has 26 heavy (non-hydrogen) atoms. The number of sulfonamides is 1. The normalized spacial score (nSPS) is 11.4. The number of nitrogens with one attached hydrogen (secondary N) is 1. The second-order valence-electron chi connectivity index (χ2n) is 5.10. The molecule has 0 amide bonds. The van der Waals surface area contributed by atoms with Crippen molar-refractivity contribution in [3.8, 4) is 11.4 Å². The molecule has 0 aliphatic rings. The van der Waals surface area contributed by atoms with Gasteiger partial charge in [0.25, 0.3) is 5.69 Å². The maximum Gasteiger partial charge on any atom is 0.270 e. The first-order valence-corrected chi connectivity index (χ1v) is 9.04. The van der Waals surface area contributed by atoms with Gasteiger partial charge in [-0.3, -0.25) is 10.1 Å². The van der Waals surface area contributed by atoms with Gasteiger partial charge in [-0.15, -0.1) is 0 Å². The summed E-state index contributed by atoms with van der Waals surface area (Å²) >= 11 is 5.90. The molecule has 2 aromatic carbocycles. The van der Waals surface area contributed by atoms with Gasteiger partial charge in [-0.05, 0) is 18.2 Å². The molecular formula is C15H11ClN4O5S. The lowest BCUT2D eigenvalue weighted by Crippen LogP contribution is -2.23. The number of hydrogen-bond donors (Lipinski definition) is 1. The number of halogens is 1. The van der Waals surface area contributed by atoms with E-state index in [1.165, 1.54) is 18.2 Å². The van der Waals surface area contributed by atoms with Crippen LogP contribution < -0.4 is 4.72 Å². The molecule has 0 fully saturated rings. The van der Waals surface area contributed by atoms with E-state index in [2.05, 4.69) is 14.9 Å². The maximum absolute atomic E-state index is 12.3. The molecule has 3 aromatic rings. The van der Waals surface area contributed by atoms with Crippen LogP contribution in [0.5, 0.6) is 0 Å². The summed E-state index contributed by atoms with van der Waals surface area (Å²) < 4.78 is 31.8. The highest BCUT2D eigenvalue weighted by molar-refractivity contribution is 7.89. The van der Waals surface area contributed by atoms with Crippen LogP contribution in [0.3, 0.4) is 0 Å². The summed E-state index contributed by atoms with van der Waals surface area (Å²) in [6, 6.07) is 11.5. The van der Waals surface area contributed by atoms with Gasteiger partial charge in [0.05, 0.1) is 16.4 Å². The number of hydrogen-bond acceptors (Lipinski definition) is 7. The third-order valence-corrected chi connectivity index (χ3v) is 4.94. The lowest BCUT2D eigenvalue weighted by atomic mass is 10.2. The largest absolute Gasteiger partial charge is 0.338 e. The molecular weight excluding hydrogens is 384 g/mol. The van der Waals surface area contributed by atoms with Crippen LogP contribution >= 0.6 is 11.6 Å². The quantitative estimate of drug-likeness (QED) is 0.502. The zero-order valence-electron chi connectivity index (χ0n) is 13.0. The summed E-state index contributed by atoms with van der Waals surface area (Å²) in [4.78, 5) is 14.0. The molecule has 0 saturated heterocycles. The molecule has 1 aromatic heterocycles. The summed E-state index contributed by atoms with van der Waals surface area (Å²) in [5.74, 6) is 0.297. The summed E-state index contributed by atoms with van der Waals surface area (Å²) in [7, 11) is -3.98. The van der Waals surface area contributed by atoms with Gasteiger partial charge in [0.15, 0.2) is 0 Å². The molecule has 3 rings (SSSR count). The fourth-order valence-corrected chi connectivity index (χ4v) is 3.28. The third-order valence-electron chi connectivity index (χ3n) is 3.30. The summed E-state index contributed by atoms with van der Waals surface area (Å²) in [6.07, 6.45) is 0. The smallest absolute Gasteiger partial charge is 0.270 e. The Labute approximate surface area is 152 Å². The Kier molecular flexibility index (Phi) is 4.98. The first kappa shape index (κ1) is 18.0. The Bertz CT molecular complexity index is 1070. The van der Waals surface area contributed by atoms with E-state index in [1.54, 1.807) is 24.3 Å². The van der Waals surface area contributed by atoms with Crippen LogP contribution in [0.4, 0.5) is 5.69 Å². The second-order valence-corrected chi connectivity index (χ2v) is 7.30. The standard InChI is InChI=1S/C15H11ClN4O5S/c16-11-4-1-3-10(7-11)15-18-14(25-19-15)9-17-26(23,24)13-6-2-5-12(8-13)20(21)22/h1-8,17H,9H2. The molecule has 1 N–H and O–H groups in total. The molecule has 0 saturated carbocycles. The van der Waals surface area contributed by atoms with E-state index in [0.717, 1.165) is 6.07 Å². The van der Waals surface area contributed by atoms with Crippen molar-refractivity contribution in [1.29, 1.82) is 0 Å². The van der Waals surface area contributed by atoms with E-state index in [4.69, 9.17) is 16.1 Å². The zero-order valence-corrected chi connectivity index (χ0v) is 14.6. The predicted molar refractivity (Wildman–Crippen MR) is 91.9 cm³/mol. The van der Waals surface area contributed by atoms with E-state index >= 15 is 0 Å². The molecule has 0 aliphatic heterocycles. The maximum atomic E-state index is 12.3. The van der Waals surface area contributed by atoms with Gasteiger partial charge in [0.2, 0.25) is 21.7 Å². The molecule has 0 unspecified atom stereocenters. The van der Waals surface area contributed by atoms with Gasteiger partial charge in [-0.2, -0.15) is 4.98 Å². The van der Waals surface area contributed by atoms with Crippen molar-refractivity contribution in [2.45, 2.75) is 11.4 Å². The van der Waals surface area contributed by atoms with Crippen LogP contribution in [0.15, 0.2) is 57.9 Å². The lowest BCUT2D eigenvalue weighted by Gasteiger charge is -2.04. The number of benzene rings is 2. The molecule has 0 atom stereocenters. The number of nitro groups is 1. The molecule has 1 heterocycles. The van der Waals surface area contributed by atoms with Crippen LogP contribution in [0, 0.1) is 10.1 Å². The Balaban J connectivity index is 1.74. The SMILES string of the molecule is O=[N+]([O-])c1cccc(S(=O)(=O)NCc2nc(-c3cccc(Cl)c3)no2)c1. The Morgan fingerprint density at radius 1 is 1.19 bits per heavy atom. The van der Waals surface area contributed by atoms with E-state index in [0.29, 0.717) is 10.6 Å². The van der Waals surface area contributed by atoms with Crippen LogP contribution in [-0.2, 0) is 16.6 Å². The minimum Gasteiger partial charge on any atom is -0.338 e. The van der Waals surface area contributed by atoms with E-state index in [-0.39, 0.29) is 28.8 Å². The van der Waals surface area contributed by atoms with Gasteiger partial charge < -0.3 is 4.52 Å². The summed E-state index contributed by atoms with van der Waals surface area (Å²) in [5, 5.41) is 15.0. The number of non-ortho nitro benzene ring substituents is 1. The molecule has 134 valence electrons. The highest BCUT2D eigenvalue weighted by Gasteiger charge is 2.19. The fourth-order valence-electron chi connectivity index (χ4n) is 2.08. The van der Waals surface area contributed by atoms with Crippen LogP contribution in [0.2, 0.25) is 5.02 Å². The summed E-state index contributed by atoms with van der Waals surface area (Å²) in [6.45, 7) is -0.265. The van der Waals surface area contributed by atoms with Crippen molar-refractivity contribution in [1.82, 2.24) is 14.9 Å². The molecule has 0 radical (unpaired) electrons. The van der Waals surface area contributed by atoms with Gasteiger partial charge in [0.1, 0.15) is 0 Å². The Morgan fingerprint density at radius 2 is 1.96 bits per heavy atom. The highest BCUT2D eigenvalue weighted by Crippen LogP contribution is 2.20. The average molecular weight is 395 g/mol. The highest BCUT2D eigenvalue weighted by atomic mass is 35.5. The van der Waals surface area contributed by atoms with Crippen molar-refractivity contribution in [3.63, 3.8) is 0 Å². The average Bonchev–Trinajstić information content (AvgIpc) is 3.09. The first-order valence-electron chi connectivity index (χ1n) is 7.18. The van der Waals surface area contributed by atoms with Crippen molar-refractivity contribution in [2.24, 2.45) is 0 Å².